The van der Waals surface area contributed by atoms with E-state index >= 15 is 0 Å². The first-order valence-electron chi connectivity index (χ1n) is 5.14. The van der Waals surface area contributed by atoms with Gasteiger partial charge >= 0.3 is 5.97 Å². The van der Waals surface area contributed by atoms with Crippen molar-refractivity contribution >= 4 is 27.8 Å². The Morgan fingerprint density at radius 2 is 2.24 bits per heavy atom. The number of carbonyl (C=O) groups is 2. The van der Waals surface area contributed by atoms with Crippen molar-refractivity contribution in [3.8, 4) is 0 Å². The smallest absolute Gasteiger partial charge is 0.328 e. The number of hydrogen-bond acceptors (Lipinski definition) is 4. The Kier molecular flexibility index (Phi) is 5.09. The summed E-state index contributed by atoms with van der Waals surface area (Å²) in [6.45, 7) is 3.56. The van der Waals surface area contributed by atoms with E-state index in [1.54, 1.807) is 32.0 Å². The zero-order valence-electron chi connectivity index (χ0n) is 9.57. The molecule has 1 aromatic rings. The molecule has 0 aliphatic rings. The number of halogens is 1. The lowest BCUT2D eigenvalue weighted by atomic mass is 10.3. The van der Waals surface area contributed by atoms with Gasteiger partial charge in [0, 0.05) is 0 Å². The number of ether oxygens (including phenoxy) is 1. The predicted molar refractivity (Wildman–Crippen MR) is 65.5 cm³/mol. The van der Waals surface area contributed by atoms with Crippen LogP contribution in [0.5, 0.6) is 0 Å². The van der Waals surface area contributed by atoms with Gasteiger partial charge in [-0.3, -0.25) is 4.79 Å². The summed E-state index contributed by atoms with van der Waals surface area (Å²) in [4.78, 5) is 27.0. The van der Waals surface area contributed by atoms with Crippen molar-refractivity contribution in [1.82, 2.24) is 10.3 Å². The summed E-state index contributed by atoms with van der Waals surface area (Å²) >= 11 is 3.17. The van der Waals surface area contributed by atoms with Gasteiger partial charge in [-0.05, 0) is 41.9 Å². The van der Waals surface area contributed by atoms with Crippen molar-refractivity contribution in [2.75, 3.05) is 6.61 Å². The van der Waals surface area contributed by atoms with Crippen molar-refractivity contribution in [2.24, 2.45) is 0 Å². The van der Waals surface area contributed by atoms with Crippen LogP contribution in [0.2, 0.25) is 0 Å². The number of pyridine rings is 1. The quantitative estimate of drug-likeness (QED) is 0.676. The van der Waals surface area contributed by atoms with Gasteiger partial charge in [0.25, 0.3) is 5.91 Å². The number of nitrogens with one attached hydrogen (secondary N) is 1. The predicted octanol–water partition coefficient (Wildman–Crippen LogP) is 1.53. The highest BCUT2D eigenvalue weighted by Crippen LogP contribution is 2.06. The molecule has 1 heterocycles. The molecule has 1 unspecified atom stereocenters. The second-order valence-corrected chi connectivity index (χ2v) is 4.11. The minimum Gasteiger partial charge on any atom is -0.464 e. The highest BCUT2D eigenvalue weighted by Gasteiger charge is 2.18. The summed E-state index contributed by atoms with van der Waals surface area (Å²) in [7, 11) is 0. The Labute approximate surface area is 108 Å². The van der Waals surface area contributed by atoms with Crippen molar-refractivity contribution in [1.29, 1.82) is 0 Å². The average Bonchev–Trinajstić information content (AvgIpc) is 2.29. The number of rotatable bonds is 4. The first kappa shape index (κ1) is 13.6. The summed E-state index contributed by atoms with van der Waals surface area (Å²) in [6.07, 6.45) is 0. The normalized spacial score (nSPS) is 11.7. The van der Waals surface area contributed by atoms with E-state index in [2.05, 4.69) is 26.2 Å². The number of nitrogens with zero attached hydrogens (tertiary/aromatic N) is 1. The molecule has 0 saturated heterocycles. The van der Waals surface area contributed by atoms with Crippen molar-refractivity contribution < 1.29 is 14.3 Å². The Morgan fingerprint density at radius 1 is 1.53 bits per heavy atom. The zero-order valence-corrected chi connectivity index (χ0v) is 11.2. The molecule has 0 aromatic carbocycles. The molecule has 1 N–H and O–H groups in total. The lowest BCUT2D eigenvalue weighted by Gasteiger charge is -2.12. The number of carbonyl (C=O) groups excluding carboxylic acids is 2. The molecule has 1 aromatic heterocycles. The Morgan fingerprint density at radius 3 is 2.82 bits per heavy atom. The molecule has 6 heteroatoms. The molecule has 0 saturated carbocycles. The summed E-state index contributed by atoms with van der Waals surface area (Å²) in [6, 6.07) is 4.29. The van der Waals surface area contributed by atoms with Crippen LogP contribution in [-0.4, -0.2) is 29.5 Å². The minimum atomic E-state index is -0.691. The summed E-state index contributed by atoms with van der Waals surface area (Å²) < 4.78 is 5.34. The number of amides is 1. The maximum atomic E-state index is 11.7. The molecule has 0 bridgehead atoms. The fraction of sp³-hybridized carbons (Fsp3) is 0.364. The molecule has 17 heavy (non-hydrogen) atoms. The zero-order chi connectivity index (χ0) is 12.8. The van der Waals surface area contributed by atoms with Gasteiger partial charge in [-0.1, -0.05) is 6.07 Å². The van der Waals surface area contributed by atoms with Crippen LogP contribution in [0, 0.1) is 0 Å². The van der Waals surface area contributed by atoms with Crippen molar-refractivity contribution in [2.45, 2.75) is 19.9 Å². The van der Waals surface area contributed by atoms with Crippen LogP contribution >= 0.6 is 15.9 Å². The molecular formula is C11H13BrN2O3. The van der Waals surface area contributed by atoms with Crippen molar-refractivity contribution in [3.05, 3.63) is 28.5 Å². The summed E-state index contributed by atoms with van der Waals surface area (Å²) in [5.41, 5.74) is 0.246. The molecule has 1 rings (SSSR count). The van der Waals surface area contributed by atoms with Crippen LogP contribution in [0.15, 0.2) is 22.8 Å². The molecule has 0 aliphatic heterocycles. The van der Waals surface area contributed by atoms with E-state index in [0.29, 0.717) is 4.60 Å². The van der Waals surface area contributed by atoms with Gasteiger partial charge in [-0.15, -0.1) is 0 Å². The molecule has 5 nitrogen and oxygen atoms in total. The van der Waals surface area contributed by atoms with Gasteiger partial charge < -0.3 is 10.1 Å². The third-order valence-corrected chi connectivity index (χ3v) is 2.38. The molecule has 0 radical (unpaired) electrons. The first-order chi connectivity index (χ1) is 8.04. The van der Waals surface area contributed by atoms with Crippen molar-refractivity contribution in [3.63, 3.8) is 0 Å². The largest absolute Gasteiger partial charge is 0.464 e. The Bertz CT molecular complexity index is 423. The maximum absolute atomic E-state index is 11.7. The molecule has 0 aliphatic carbocycles. The maximum Gasteiger partial charge on any atom is 0.328 e. The van der Waals surface area contributed by atoms with Crippen LogP contribution in [0.3, 0.4) is 0 Å². The molecule has 1 amide bonds. The van der Waals surface area contributed by atoms with Gasteiger partial charge in [0.2, 0.25) is 0 Å². The van der Waals surface area contributed by atoms with Crippen LogP contribution in [0.4, 0.5) is 0 Å². The van der Waals surface area contributed by atoms with Crippen LogP contribution < -0.4 is 5.32 Å². The van der Waals surface area contributed by atoms with E-state index in [9.17, 15) is 9.59 Å². The van der Waals surface area contributed by atoms with Gasteiger partial charge in [0.15, 0.2) is 0 Å². The molecule has 1 atom stereocenters. The fourth-order valence-electron chi connectivity index (χ4n) is 1.13. The molecular weight excluding hydrogens is 288 g/mol. The number of hydrogen-bond donors (Lipinski definition) is 1. The highest BCUT2D eigenvalue weighted by atomic mass is 79.9. The molecule has 92 valence electrons. The van der Waals surface area contributed by atoms with E-state index in [1.807, 2.05) is 0 Å². The molecule has 0 spiro atoms. The summed E-state index contributed by atoms with van der Waals surface area (Å²) in [5, 5.41) is 2.51. The highest BCUT2D eigenvalue weighted by molar-refractivity contribution is 9.10. The number of aromatic nitrogens is 1. The van der Waals surface area contributed by atoms with Gasteiger partial charge in [0.05, 0.1) is 6.61 Å². The van der Waals surface area contributed by atoms with Gasteiger partial charge in [-0.25, -0.2) is 9.78 Å². The first-order valence-corrected chi connectivity index (χ1v) is 5.94. The molecule has 0 fully saturated rings. The SMILES string of the molecule is CCOC(=O)C(C)NC(=O)c1cccc(Br)n1. The van der Waals surface area contributed by atoms with E-state index in [1.165, 1.54) is 0 Å². The average molecular weight is 301 g/mol. The topological polar surface area (TPSA) is 68.3 Å². The lowest BCUT2D eigenvalue weighted by Crippen LogP contribution is -2.39. The lowest BCUT2D eigenvalue weighted by molar-refractivity contribution is -0.144. The fourth-order valence-corrected chi connectivity index (χ4v) is 1.48. The van der Waals surface area contributed by atoms with Gasteiger partial charge in [0.1, 0.15) is 16.3 Å². The van der Waals surface area contributed by atoms with Crippen LogP contribution in [-0.2, 0) is 9.53 Å². The third-order valence-electron chi connectivity index (χ3n) is 1.94. The second kappa shape index (κ2) is 6.34. The second-order valence-electron chi connectivity index (χ2n) is 3.29. The van der Waals surface area contributed by atoms with E-state index < -0.39 is 17.9 Å². The van der Waals surface area contributed by atoms with E-state index in [-0.39, 0.29) is 12.3 Å². The van der Waals surface area contributed by atoms with E-state index in [0.717, 1.165) is 0 Å². The number of esters is 1. The van der Waals surface area contributed by atoms with Crippen LogP contribution in [0.25, 0.3) is 0 Å². The van der Waals surface area contributed by atoms with E-state index in [4.69, 9.17) is 4.74 Å². The Balaban J connectivity index is 2.63. The van der Waals surface area contributed by atoms with Crippen LogP contribution in [0.1, 0.15) is 24.3 Å². The Hall–Kier alpha value is -1.43. The minimum absolute atomic E-state index is 0.246. The summed E-state index contributed by atoms with van der Waals surface area (Å²) in [5.74, 6) is -0.873. The third kappa shape index (κ3) is 4.14. The standard InChI is InChI=1S/C11H13BrN2O3/c1-3-17-11(16)7(2)13-10(15)8-5-4-6-9(12)14-8/h4-7H,3H2,1-2H3,(H,13,15). The monoisotopic (exact) mass is 300 g/mol. The van der Waals surface area contributed by atoms with Gasteiger partial charge in [-0.2, -0.15) is 0 Å².